The zero-order valence-corrected chi connectivity index (χ0v) is 12.8. The standard InChI is InChI=1S/C17H32O/c1-5-14(4)9-7-10-15-12-16(15)17(18)11-6-8-13(2)3/h8,14-18H,5-7,9-12H2,1-4H3. The lowest BCUT2D eigenvalue weighted by atomic mass is 9.99. The van der Waals surface area contributed by atoms with Gasteiger partial charge in [0, 0.05) is 0 Å². The van der Waals surface area contributed by atoms with Gasteiger partial charge in [0.1, 0.15) is 0 Å². The van der Waals surface area contributed by atoms with Gasteiger partial charge in [0.2, 0.25) is 0 Å². The Labute approximate surface area is 114 Å². The highest BCUT2D eigenvalue weighted by atomic mass is 16.3. The first-order valence-electron chi connectivity index (χ1n) is 7.86. The molecule has 1 saturated carbocycles. The fraction of sp³-hybridized carbons (Fsp3) is 0.882. The Morgan fingerprint density at radius 2 is 2.06 bits per heavy atom. The molecule has 0 aliphatic heterocycles. The van der Waals surface area contributed by atoms with Crippen LogP contribution >= 0.6 is 0 Å². The summed E-state index contributed by atoms with van der Waals surface area (Å²) in [6, 6.07) is 0. The minimum Gasteiger partial charge on any atom is -0.393 e. The molecule has 106 valence electrons. The Kier molecular flexibility index (Phi) is 6.99. The summed E-state index contributed by atoms with van der Waals surface area (Å²) in [7, 11) is 0. The van der Waals surface area contributed by atoms with E-state index in [0.29, 0.717) is 5.92 Å². The molecule has 1 aliphatic carbocycles. The first kappa shape index (κ1) is 15.8. The summed E-state index contributed by atoms with van der Waals surface area (Å²) in [5.41, 5.74) is 1.36. The monoisotopic (exact) mass is 252 g/mol. The third-order valence-corrected chi connectivity index (χ3v) is 4.46. The molecule has 1 N–H and O–H groups in total. The van der Waals surface area contributed by atoms with Crippen molar-refractivity contribution in [2.75, 3.05) is 0 Å². The highest BCUT2D eigenvalue weighted by Crippen LogP contribution is 2.46. The van der Waals surface area contributed by atoms with E-state index in [-0.39, 0.29) is 6.10 Å². The molecule has 1 rings (SSSR count). The van der Waals surface area contributed by atoms with Crippen LogP contribution in [0.3, 0.4) is 0 Å². The van der Waals surface area contributed by atoms with Gasteiger partial charge in [-0.1, -0.05) is 51.2 Å². The van der Waals surface area contributed by atoms with Crippen LogP contribution in [0.1, 0.15) is 72.6 Å². The van der Waals surface area contributed by atoms with Crippen LogP contribution in [0.15, 0.2) is 11.6 Å². The smallest absolute Gasteiger partial charge is 0.0574 e. The fourth-order valence-corrected chi connectivity index (χ4v) is 2.76. The van der Waals surface area contributed by atoms with E-state index in [1.165, 1.54) is 37.7 Å². The first-order valence-corrected chi connectivity index (χ1v) is 7.86. The Morgan fingerprint density at radius 1 is 1.33 bits per heavy atom. The van der Waals surface area contributed by atoms with Gasteiger partial charge in [0.25, 0.3) is 0 Å². The van der Waals surface area contributed by atoms with Crippen molar-refractivity contribution in [1.29, 1.82) is 0 Å². The van der Waals surface area contributed by atoms with E-state index in [4.69, 9.17) is 0 Å². The molecular formula is C17H32O. The number of hydrogen-bond donors (Lipinski definition) is 1. The Bertz CT molecular complexity index is 252. The van der Waals surface area contributed by atoms with Gasteiger partial charge in [0.15, 0.2) is 0 Å². The Balaban J connectivity index is 2.06. The maximum absolute atomic E-state index is 10.1. The molecule has 1 nitrogen and oxygen atoms in total. The highest BCUT2D eigenvalue weighted by Gasteiger charge is 2.40. The number of aliphatic hydroxyl groups excluding tert-OH is 1. The molecule has 0 aromatic carbocycles. The summed E-state index contributed by atoms with van der Waals surface area (Å²) in [6.45, 7) is 8.87. The maximum Gasteiger partial charge on any atom is 0.0574 e. The van der Waals surface area contributed by atoms with Crippen molar-refractivity contribution in [3.63, 3.8) is 0 Å². The number of rotatable bonds is 9. The quantitative estimate of drug-likeness (QED) is 0.576. The molecule has 4 unspecified atom stereocenters. The van der Waals surface area contributed by atoms with E-state index in [9.17, 15) is 5.11 Å². The van der Waals surface area contributed by atoms with Crippen molar-refractivity contribution >= 4 is 0 Å². The molecule has 1 aliphatic rings. The number of allylic oxidation sites excluding steroid dienone is 2. The van der Waals surface area contributed by atoms with Crippen molar-refractivity contribution in [2.45, 2.75) is 78.7 Å². The second-order valence-electron chi connectivity index (χ2n) is 6.53. The molecule has 0 aromatic rings. The number of aliphatic hydroxyl groups is 1. The molecule has 0 aromatic heterocycles. The second-order valence-corrected chi connectivity index (χ2v) is 6.53. The van der Waals surface area contributed by atoms with E-state index in [1.807, 2.05) is 0 Å². The average molecular weight is 252 g/mol. The Morgan fingerprint density at radius 3 is 2.67 bits per heavy atom. The zero-order valence-electron chi connectivity index (χ0n) is 12.8. The fourth-order valence-electron chi connectivity index (χ4n) is 2.76. The summed E-state index contributed by atoms with van der Waals surface area (Å²) in [5, 5.41) is 10.1. The molecule has 0 spiro atoms. The summed E-state index contributed by atoms with van der Waals surface area (Å²) in [5.74, 6) is 2.33. The van der Waals surface area contributed by atoms with Crippen LogP contribution in [0, 0.1) is 17.8 Å². The zero-order chi connectivity index (χ0) is 13.5. The van der Waals surface area contributed by atoms with Gasteiger partial charge >= 0.3 is 0 Å². The molecule has 0 amide bonds. The van der Waals surface area contributed by atoms with Gasteiger partial charge in [-0.25, -0.2) is 0 Å². The van der Waals surface area contributed by atoms with Crippen LogP contribution in [0.25, 0.3) is 0 Å². The van der Waals surface area contributed by atoms with Gasteiger partial charge in [-0.15, -0.1) is 0 Å². The van der Waals surface area contributed by atoms with E-state index < -0.39 is 0 Å². The van der Waals surface area contributed by atoms with Crippen molar-refractivity contribution in [3.05, 3.63) is 11.6 Å². The van der Waals surface area contributed by atoms with Crippen LogP contribution in [-0.2, 0) is 0 Å². The predicted molar refractivity (Wildman–Crippen MR) is 79.6 cm³/mol. The van der Waals surface area contributed by atoms with Crippen LogP contribution in [0.4, 0.5) is 0 Å². The van der Waals surface area contributed by atoms with Crippen LogP contribution in [0.5, 0.6) is 0 Å². The molecule has 0 saturated heterocycles. The van der Waals surface area contributed by atoms with Crippen molar-refractivity contribution in [1.82, 2.24) is 0 Å². The van der Waals surface area contributed by atoms with Gasteiger partial charge in [-0.2, -0.15) is 0 Å². The molecule has 0 heterocycles. The summed E-state index contributed by atoms with van der Waals surface area (Å²) < 4.78 is 0. The van der Waals surface area contributed by atoms with Crippen molar-refractivity contribution in [2.24, 2.45) is 17.8 Å². The maximum atomic E-state index is 10.1. The minimum atomic E-state index is -0.0470. The van der Waals surface area contributed by atoms with Crippen molar-refractivity contribution < 1.29 is 5.11 Å². The second kappa shape index (κ2) is 7.99. The summed E-state index contributed by atoms with van der Waals surface area (Å²) in [4.78, 5) is 0. The molecule has 0 radical (unpaired) electrons. The summed E-state index contributed by atoms with van der Waals surface area (Å²) in [6.07, 6.45) is 10.8. The SMILES string of the molecule is CCC(C)CCCC1CC1C(O)CCC=C(C)C. The van der Waals surface area contributed by atoms with Crippen molar-refractivity contribution in [3.8, 4) is 0 Å². The van der Waals surface area contributed by atoms with Gasteiger partial charge in [-0.3, -0.25) is 0 Å². The Hall–Kier alpha value is -0.300. The molecule has 0 bridgehead atoms. The van der Waals surface area contributed by atoms with Gasteiger partial charge in [0.05, 0.1) is 6.10 Å². The van der Waals surface area contributed by atoms with E-state index in [1.54, 1.807) is 0 Å². The largest absolute Gasteiger partial charge is 0.393 e. The van der Waals surface area contributed by atoms with Gasteiger partial charge in [-0.05, 0) is 50.9 Å². The summed E-state index contributed by atoms with van der Waals surface area (Å²) >= 11 is 0. The molecule has 18 heavy (non-hydrogen) atoms. The molecular weight excluding hydrogens is 220 g/mol. The van der Waals surface area contributed by atoms with E-state index in [2.05, 4.69) is 33.8 Å². The van der Waals surface area contributed by atoms with Gasteiger partial charge < -0.3 is 5.11 Å². The van der Waals surface area contributed by atoms with E-state index >= 15 is 0 Å². The molecule has 4 atom stereocenters. The topological polar surface area (TPSA) is 20.2 Å². The highest BCUT2D eigenvalue weighted by molar-refractivity contribution is 4.96. The number of hydrogen-bond acceptors (Lipinski definition) is 1. The lowest BCUT2D eigenvalue weighted by Crippen LogP contribution is -2.10. The third kappa shape index (κ3) is 6.04. The minimum absolute atomic E-state index is 0.0470. The lowest BCUT2D eigenvalue weighted by Gasteiger charge is -2.10. The van der Waals surface area contributed by atoms with Crippen LogP contribution in [-0.4, -0.2) is 11.2 Å². The molecule has 1 fully saturated rings. The normalized spacial score (nSPS) is 25.6. The predicted octanol–water partition coefficient (Wildman–Crippen LogP) is 4.95. The first-order chi connectivity index (χ1) is 8.54. The van der Waals surface area contributed by atoms with Crippen LogP contribution < -0.4 is 0 Å². The molecule has 1 heteroatoms. The lowest BCUT2D eigenvalue weighted by molar-refractivity contribution is 0.135. The third-order valence-electron chi connectivity index (χ3n) is 4.46. The van der Waals surface area contributed by atoms with E-state index in [0.717, 1.165) is 24.7 Å². The average Bonchev–Trinajstić information content (AvgIpc) is 3.07. The van der Waals surface area contributed by atoms with Crippen LogP contribution in [0.2, 0.25) is 0 Å².